The summed E-state index contributed by atoms with van der Waals surface area (Å²) in [5, 5.41) is 10.8. The van der Waals surface area contributed by atoms with E-state index in [1.54, 1.807) is 13.2 Å². The van der Waals surface area contributed by atoms with Crippen LogP contribution >= 0.6 is 24.8 Å². The molecule has 0 spiro atoms. The van der Waals surface area contributed by atoms with Crippen LogP contribution in [0.15, 0.2) is 48.5 Å². The molecule has 1 saturated heterocycles. The Labute approximate surface area is 176 Å². The highest BCUT2D eigenvalue weighted by molar-refractivity contribution is 5.85. The quantitative estimate of drug-likeness (QED) is 0.732. The highest BCUT2D eigenvalue weighted by Gasteiger charge is 2.38. The Kier molecular flexibility index (Phi) is 9.77. The summed E-state index contributed by atoms with van der Waals surface area (Å²) in [6.45, 7) is 1.43. The Morgan fingerprint density at radius 1 is 1.11 bits per heavy atom. The average Bonchev–Trinajstić information content (AvgIpc) is 3.03. The minimum absolute atomic E-state index is 0. The molecule has 0 bridgehead atoms. The average molecular weight is 435 g/mol. The predicted molar refractivity (Wildman–Crippen MR) is 110 cm³/mol. The van der Waals surface area contributed by atoms with E-state index in [2.05, 4.69) is 4.90 Å². The molecule has 8 heteroatoms. The van der Waals surface area contributed by atoms with Gasteiger partial charge >= 0.3 is 0 Å². The number of nitrogens with zero attached hydrogens (tertiary/aromatic N) is 1. The number of ether oxygens (including phenoxy) is 1. The SMILES string of the molecule is COCC(C(O)c1ccccc1)N1C[C@@H](N)[C@H](c2ccc(F)c(F)c2)C1.Cl.Cl. The summed E-state index contributed by atoms with van der Waals surface area (Å²) in [6, 6.07) is 12.8. The largest absolute Gasteiger partial charge is 0.387 e. The van der Waals surface area contributed by atoms with Crippen molar-refractivity contribution >= 4 is 24.8 Å². The van der Waals surface area contributed by atoms with Gasteiger partial charge in [0.05, 0.1) is 18.8 Å². The van der Waals surface area contributed by atoms with Crippen molar-refractivity contribution in [3.63, 3.8) is 0 Å². The number of halogens is 4. The molecule has 4 atom stereocenters. The Morgan fingerprint density at radius 2 is 1.79 bits per heavy atom. The molecule has 3 rings (SSSR count). The number of nitrogens with two attached hydrogens (primary N) is 1. The fourth-order valence-electron chi connectivity index (χ4n) is 3.67. The zero-order chi connectivity index (χ0) is 18.7. The van der Waals surface area contributed by atoms with E-state index in [1.165, 1.54) is 6.07 Å². The molecular weight excluding hydrogens is 409 g/mol. The topological polar surface area (TPSA) is 58.7 Å². The van der Waals surface area contributed by atoms with Crippen molar-refractivity contribution in [2.75, 3.05) is 26.8 Å². The van der Waals surface area contributed by atoms with Crippen LogP contribution in [-0.2, 0) is 4.74 Å². The van der Waals surface area contributed by atoms with Gasteiger partial charge in [0, 0.05) is 32.2 Å². The van der Waals surface area contributed by atoms with Gasteiger partial charge in [-0.25, -0.2) is 8.78 Å². The lowest BCUT2D eigenvalue weighted by molar-refractivity contribution is 0.0107. The van der Waals surface area contributed by atoms with Crippen LogP contribution in [0.25, 0.3) is 0 Å². The van der Waals surface area contributed by atoms with Crippen LogP contribution in [0.1, 0.15) is 23.1 Å². The monoisotopic (exact) mass is 434 g/mol. The van der Waals surface area contributed by atoms with Crippen molar-refractivity contribution in [2.45, 2.75) is 24.1 Å². The van der Waals surface area contributed by atoms with Crippen LogP contribution in [0.5, 0.6) is 0 Å². The first-order chi connectivity index (χ1) is 12.5. The van der Waals surface area contributed by atoms with Gasteiger partial charge in [0.2, 0.25) is 0 Å². The number of methoxy groups -OCH3 is 1. The van der Waals surface area contributed by atoms with Crippen LogP contribution in [0, 0.1) is 11.6 Å². The number of rotatable bonds is 6. The molecule has 1 aliphatic rings. The molecule has 1 heterocycles. The van der Waals surface area contributed by atoms with Crippen LogP contribution in [0.3, 0.4) is 0 Å². The Hall–Kier alpha value is -1.28. The van der Waals surface area contributed by atoms with E-state index in [0.29, 0.717) is 25.3 Å². The normalized spacial score (nSPS) is 21.5. The molecule has 156 valence electrons. The molecule has 28 heavy (non-hydrogen) atoms. The zero-order valence-electron chi connectivity index (χ0n) is 15.5. The van der Waals surface area contributed by atoms with Gasteiger partial charge in [-0.1, -0.05) is 36.4 Å². The minimum Gasteiger partial charge on any atom is -0.387 e. The number of hydrogen-bond donors (Lipinski definition) is 2. The first kappa shape index (κ1) is 24.8. The Bertz CT molecular complexity index is 739. The van der Waals surface area contributed by atoms with E-state index in [-0.39, 0.29) is 42.8 Å². The van der Waals surface area contributed by atoms with E-state index in [0.717, 1.165) is 11.6 Å². The molecule has 1 aliphatic heterocycles. The second-order valence-corrected chi connectivity index (χ2v) is 6.78. The fourth-order valence-corrected chi connectivity index (χ4v) is 3.67. The summed E-state index contributed by atoms with van der Waals surface area (Å²) in [5.41, 5.74) is 7.76. The van der Waals surface area contributed by atoms with Crippen LogP contribution < -0.4 is 5.73 Å². The van der Waals surface area contributed by atoms with Crippen molar-refractivity contribution in [1.29, 1.82) is 0 Å². The summed E-state index contributed by atoms with van der Waals surface area (Å²) in [6.07, 6.45) is -0.730. The van der Waals surface area contributed by atoms with E-state index in [1.807, 2.05) is 30.3 Å². The second kappa shape index (κ2) is 11.0. The lowest BCUT2D eigenvalue weighted by Crippen LogP contribution is -2.42. The van der Waals surface area contributed by atoms with Crippen molar-refractivity contribution in [2.24, 2.45) is 5.73 Å². The molecule has 2 unspecified atom stereocenters. The molecule has 1 fully saturated rings. The van der Waals surface area contributed by atoms with Gasteiger partial charge in [-0.05, 0) is 23.3 Å². The second-order valence-electron chi connectivity index (χ2n) is 6.78. The number of aliphatic hydroxyl groups excluding tert-OH is 1. The Balaban J connectivity index is 0.00000196. The van der Waals surface area contributed by atoms with E-state index in [9.17, 15) is 13.9 Å². The van der Waals surface area contributed by atoms with Gasteiger partial charge in [-0.2, -0.15) is 0 Å². The summed E-state index contributed by atoms with van der Waals surface area (Å²) in [4.78, 5) is 2.07. The van der Waals surface area contributed by atoms with E-state index in [4.69, 9.17) is 10.5 Å². The molecule has 3 N–H and O–H groups in total. The first-order valence-corrected chi connectivity index (χ1v) is 8.67. The number of aliphatic hydroxyl groups is 1. The van der Waals surface area contributed by atoms with Crippen molar-refractivity contribution in [3.05, 3.63) is 71.3 Å². The van der Waals surface area contributed by atoms with Gasteiger partial charge in [-0.15, -0.1) is 24.8 Å². The fraction of sp³-hybridized carbons (Fsp3) is 0.400. The summed E-state index contributed by atoms with van der Waals surface area (Å²) < 4.78 is 32.1. The molecule has 0 aliphatic carbocycles. The van der Waals surface area contributed by atoms with Gasteiger partial charge in [0.25, 0.3) is 0 Å². The summed E-state index contributed by atoms with van der Waals surface area (Å²) in [7, 11) is 1.59. The van der Waals surface area contributed by atoms with Crippen LogP contribution in [0.2, 0.25) is 0 Å². The third kappa shape index (κ3) is 5.41. The molecule has 4 nitrogen and oxygen atoms in total. The van der Waals surface area contributed by atoms with Crippen LogP contribution in [0.4, 0.5) is 8.78 Å². The molecule has 0 radical (unpaired) electrons. The van der Waals surface area contributed by atoms with Gasteiger partial charge in [0.15, 0.2) is 11.6 Å². The van der Waals surface area contributed by atoms with E-state index < -0.39 is 17.7 Å². The van der Waals surface area contributed by atoms with Crippen molar-refractivity contribution in [1.82, 2.24) is 4.90 Å². The number of hydrogen-bond acceptors (Lipinski definition) is 4. The number of benzene rings is 2. The van der Waals surface area contributed by atoms with Gasteiger partial charge < -0.3 is 15.6 Å². The molecule has 0 saturated carbocycles. The summed E-state index contributed by atoms with van der Waals surface area (Å²) in [5.74, 6) is -1.87. The third-order valence-corrected chi connectivity index (χ3v) is 5.08. The number of likely N-dealkylation sites (tertiary alicyclic amines) is 1. The highest BCUT2D eigenvalue weighted by atomic mass is 35.5. The maximum atomic E-state index is 13.6. The summed E-state index contributed by atoms with van der Waals surface area (Å²) >= 11 is 0. The van der Waals surface area contributed by atoms with Gasteiger partial charge in [-0.3, -0.25) is 4.90 Å². The highest BCUT2D eigenvalue weighted by Crippen LogP contribution is 2.32. The first-order valence-electron chi connectivity index (χ1n) is 8.67. The zero-order valence-corrected chi connectivity index (χ0v) is 17.1. The lowest BCUT2D eigenvalue weighted by Gasteiger charge is -2.31. The molecule has 0 aromatic heterocycles. The van der Waals surface area contributed by atoms with E-state index >= 15 is 0 Å². The smallest absolute Gasteiger partial charge is 0.159 e. The van der Waals surface area contributed by atoms with Gasteiger partial charge in [0.1, 0.15) is 0 Å². The lowest BCUT2D eigenvalue weighted by atomic mass is 9.95. The third-order valence-electron chi connectivity index (χ3n) is 5.08. The standard InChI is InChI=1S/C20H24F2N2O2.2ClH/c1-26-12-19(20(25)13-5-3-2-4-6-13)24-10-15(18(23)11-24)14-7-8-16(21)17(22)9-14;;/h2-9,15,18-20,25H,10-12,23H2,1H3;2*1H/t15-,18+,19?,20?;;/m0../s1. The molecule has 0 amide bonds. The minimum atomic E-state index is -0.870. The van der Waals surface area contributed by atoms with Crippen LogP contribution in [-0.4, -0.2) is 48.9 Å². The molecule has 2 aromatic rings. The Morgan fingerprint density at radius 3 is 2.39 bits per heavy atom. The molecule has 2 aromatic carbocycles. The maximum absolute atomic E-state index is 13.6. The van der Waals surface area contributed by atoms with Crippen molar-refractivity contribution in [3.8, 4) is 0 Å². The molecular formula is C20H26Cl2F2N2O2. The van der Waals surface area contributed by atoms with Crippen molar-refractivity contribution < 1.29 is 18.6 Å². The predicted octanol–water partition coefficient (Wildman–Crippen LogP) is 3.28. The maximum Gasteiger partial charge on any atom is 0.159 e.